The van der Waals surface area contributed by atoms with Crippen LogP contribution >= 0.6 is 0 Å². The van der Waals surface area contributed by atoms with Crippen molar-refractivity contribution in [2.45, 2.75) is 50.6 Å². The average molecular weight is 392 g/mol. The number of H-pyrrole nitrogens is 1. The predicted molar refractivity (Wildman–Crippen MR) is 99.8 cm³/mol. The fraction of sp³-hybridized carbons (Fsp3) is 0.556. The van der Waals surface area contributed by atoms with E-state index in [1.165, 1.54) is 4.90 Å². The quantitative estimate of drug-likeness (QED) is 0.669. The highest BCUT2D eigenvalue weighted by molar-refractivity contribution is 5.91. The van der Waals surface area contributed by atoms with Crippen LogP contribution in [-0.2, 0) is 18.3 Å². The highest BCUT2D eigenvalue weighted by atomic mass is 19.1. The maximum Gasteiger partial charge on any atom is 0.407 e. The van der Waals surface area contributed by atoms with E-state index in [1.54, 1.807) is 37.1 Å². The summed E-state index contributed by atoms with van der Waals surface area (Å²) in [6.45, 7) is 0.873. The Morgan fingerprint density at radius 2 is 2.29 bits per heavy atom. The Hall–Kier alpha value is -2.91. The Morgan fingerprint density at radius 1 is 1.50 bits per heavy atom. The van der Waals surface area contributed by atoms with Crippen molar-refractivity contribution in [3.05, 3.63) is 29.7 Å². The molecule has 0 radical (unpaired) electrons. The Bertz CT molecular complexity index is 835. The highest BCUT2D eigenvalue weighted by Crippen LogP contribution is 2.37. The van der Waals surface area contributed by atoms with E-state index in [1.807, 2.05) is 0 Å². The molecule has 3 N–H and O–H groups in total. The lowest BCUT2D eigenvalue weighted by molar-refractivity contribution is -0.115. The third-order valence-corrected chi connectivity index (χ3v) is 5.15. The van der Waals surface area contributed by atoms with Crippen molar-refractivity contribution in [3.63, 3.8) is 0 Å². The number of nitrogens with one attached hydrogen (secondary N) is 2. The molecule has 0 saturated heterocycles. The van der Waals surface area contributed by atoms with Crippen LogP contribution in [0, 0.1) is 0 Å². The summed E-state index contributed by atoms with van der Waals surface area (Å²) in [4.78, 5) is 24.8. The van der Waals surface area contributed by atoms with Gasteiger partial charge in [-0.25, -0.2) is 9.18 Å². The van der Waals surface area contributed by atoms with Gasteiger partial charge in [0.15, 0.2) is 5.82 Å². The van der Waals surface area contributed by atoms with E-state index >= 15 is 0 Å². The first-order chi connectivity index (χ1) is 13.4. The number of aromatic nitrogens is 4. The first-order valence-corrected chi connectivity index (χ1v) is 9.27. The molecule has 1 fully saturated rings. The molecule has 2 heterocycles. The Kier molecular flexibility index (Phi) is 5.96. The molecule has 9 nitrogen and oxygen atoms in total. The zero-order chi connectivity index (χ0) is 20.3. The first kappa shape index (κ1) is 19.8. The van der Waals surface area contributed by atoms with E-state index in [4.69, 9.17) is 0 Å². The molecule has 1 saturated carbocycles. The molecule has 1 aliphatic rings. The third-order valence-electron chi connectivity index (χ3n) is 5.15. The second-order valence-corrected chi connectivity index (χ2v) is 7.31. The summed E-state index contributed by atoms with van der Waals surface area (Å²) in [5, 5.41) is 23.3. The molecule has 28 heavy (non-hydrogen) atoms. The maximum absolute atomic E-state index is 13.0. The van der Waals surface area contributed by atoms with Crippen molar-refractivity contribution in [1.29, 1.82) is 0 Å². The minimum atomic E-state index is -1.09. The van der Waals surface area contributed by atoms with Crippen LogP contribution in [0.4, 0.5) is 15.0 Å². The SMILES string of the molecule is CC(CF)N(C(=O)O)[C@@H]1CC[C@H](c2cc(NC(=O)Cc3cnn(C)c3)n[nH]2)C1. The standard InChI is InChI=1S/C18H25FN6O3/c1-11(8-19)25(18(27)28)14-4-3-13(6-14)15-7-16(23-22-15)21-17(26)5-12-9-20-24(2)10-12/h7,9-11,13-14H,3-6,8H2,1-2H3,(H,27,28)(H2,21,22,23,26)/t11?,13-,14+/m0/s1. The number of amides is 2. The molecule has 152 valence electrons. The number of carbonyl (C=O) groups excluding carboxylic acids is 1. The van der Waals surface area contributed by atoms with E-state index in [2.05, 4.69) is 20.6 Å². The number of nitrogens with zero attached hydrogens (tertiary/aromatic N) is 4. The summed E-state index contributed by atoms with van der Waals surface area (Å²) < 4.78 is 14.6. The fourth-order valence-corrected chi connectivity index (χ4v) is 3.82. The molecule has 0 aromatic carbocycles. The minimum Gasteiger partial charge on any atom is -0.465 e. The van der Waals surface area contributed by atoms with Crippen LogP contribution in [0.25, 0.3) is 0 Å². The van der Waals surface area contributed by atoms with Crippen LogP contribution in [0.3, 0.4) is 0 Å². The maximum atomic E-state index is 13.0. The molecule has 2 aromatic rings. The molecule has 10 heteroatoms. The van der Waals surface area contributed by atoms with Gasteiger partial charge in [-0.3, -0.25) is 14.6 Å². The minimum absolute atomic E-state index is 0.0927. The number of aryl methyl sites for hydroxylation is 1. The number of hydrogen-bond donors (Lipinski definition) is 3. The topological polar surface area (TPSA) is 116 Å². The largest absolute Gasteiger partial charge is 0.465 e. The summed E-state index contributed by atoms with van der Waals surface area (Å²) in [5.74, 6) is 0.332. The molecule has 0 spiro atoms. The third kappa shape index (κ3) is 4.49. The number of rotatable bonds is 7. The normalized spacial score (nSPS) is 20.1. The molecule has 1 aliphatic carbocycles. The lowest BCUT2D eigenvalue weighted by Gasteiger charge is -2.30. The summed E-state index contributed by atoms with van der Waals surface area (Å²) in [6.07, 6.45) is 4.57. The van der Waals surface area contributed by atoms with Crippen molar-refractivity contribution in [1.82, 2.24) is 24.9 Å². The number of carboxylic acid groups (broad SMARTS) is 1. The van der Waals surface area contributed by atoms with Crippen molar-refractivity contribution >= 4 is 17.8 Å². The zero-order valence-corrected chi connectivity index (χ0v) is 15.9. The zero-order valence-electron chi connectivity index (χ0n) is 15.9. The van der Waals surface area contributed by atoms with Gasteiger partial charge >= 0.3 is 6.09 Å². The van der Waals surface area contributed by atoms with Gasteiger partial charge in [0.25, 0.3) is 0 Å². The predicted octanol–water partition coefficient (Wildman–Crippen LogP) is 2.30. The molecule has 3 rings (SSSR count). The number of halogens is 1. The van der Waals surface area contributed by atoms with Crippen molar-refractivity contribution in [2.75, 3.05) is 12.0 Å². The van der Waals surface area contributed by atoms with Crippen LogP contribution in [0.5, 0.6) is 0 Å². The molecule has 0 bridgehead atoms. The molecule has 1 unspecified atom stereocenters. The van der Waals surface area contributed by atoms with Gasteiger partial charge in [-0.1, -0.05) is 0 Å². The lowest BCUT2D eigenvalue weighted by atomic mass is 10.0. The van der Waals surface area contributed by atoms with Crippen LogP contribution in [-0.4, -0.2) is 60.7 Å². The Morgan fingerprint density at radius 3 is 2.93 bits per heavy atom. The Balaban J connectivity index is 1.58. The Labute approximate surface area is 161 Å². The van der Waals surface area contributed by atoms with Crippen LogP contribution in [0.1, 0.15) is 43.4 Å². The van der Waals surface area contributed by atoms with Crippen LogP contribution in [0.2, 0.25) is 0 Å². The number of aromatic amines is 1. The fourth-order valence-electron chi connectivity index (χ4n) is 3.82. The van der Waals surface area contributed by atoms with Gasteiger partial charge in [0.1, 0.15) is 6.67 Å². The number of hydrogen-bond acceptors (Lipinski definition) is 4. The summed E-state index contributed by atoms with van der Waals surface area (Å²) in [7, 11) is 1.79. The molecule has 0 aliphatic heterocycles. The molecule has 2 amide bonds. The molecular formula is C18H25FN6O3. The van der Waals surface area contributed by atoms with Gasteiger partial charge in [0, 0.05) is 37.0 Å². The van der Waals surface area contributed by atoms with E-state index < -0.39 is 18.8 Å². The van der Waals surface area contributed by atoms with Crippen molar-refractivity contribution < 1.29 is 19.1 Å². The van der Waals surface area contributed by atoms with E-state index in [0.29, 0.717) is 18.7 Å². The van der Waals surface area contributed by atoms with Crippen molar-refractivity contribution in [3.8, 4) is 0 Å². The van der Waals surface area contributed by atoms with Gasteiger partial charge in [-0.15, -0.1) is 0 Å². The summed E-state index contributed by atoms with van der Waals surface area (Å²) >= 11 is 0. The van der Waals surface area contributed by atoms with Crippen molar-refractivity contribution in [2.24, 2.45) is 7.05 Å². The second kappa shape index (κ2) is 8.41. The second-order valence-electron chi connectivity index (χ2n) is 7.31. The summed E-state index contributed by atoms with van der Waals surface area (Å²) in [6, 6.07) is 0.892. The van der Waals surface area contributed by atoms with Gasteiger partial charge < -0.3 is 15.3 Å². The van der Waals surface area contributed by atoms with Gasteiger partial charge in [0.2, 0.25) is 5.91 Å². The molecular weight excluding hydrogens is 367 g/mol. The van der Waals surface area contributed by atoms with Gasteiger partial charge in [-0.2, -0.15) is 10.2 Å². The van der Waals surface area contributed by atoms with E-state index in [0.717, 1.165) is 17.7 Å². The van der Waals surface area contributed by atoms with Crippen LogP contribution in [0.15, 0.2) is 18.5 Å². The smallest absolute Gasteiger partial charge is 0.407 e. The molecule has 3 atom stereocenters. The number of anilines is 1. The highest BCUT2D eigenvalue weighted by Gasteiger charge is 2.35. The van der Waals surface area contributed by atoms with Crippen LogP contribution < -0.4 is 5.32 Å². The average Bonchev–Trinajstić information content (AvgIpc) is 3.36. The summed E-state index contributed by atoms with van der Waals surface area (Å²) in [5.41, 5.74) is 1.66. The first-order valence-electron chi connectivity index (χ1n) is 9.27. The van der Waals surface area contributed by atoms with E-state index in [-0.39, 0.29) is 24.3 Å². The number of carbonyl (C=O) groups is 2. The van der Waals surface area contributed by atoms with Gasteiger partial charge in [0.05, 0.1) is 18.7 Å². The van der Waals surface area contributed by atoms with E-state index in [9.17, 15) is 19.1 Å². The molecule has 2 aromatic heterocycles. The monoisotopic (exact) mass is 392 g/mol. The van der Waals surface area contributed by atoms with Gasteiger partial charge in [-0.05, 0) is 31.7 Å². The lowest BCUT2D eigenvalue weighted by Crippen LogP contribution is -2.45. The number of alkyl halides is 1.